The molecule has 4 heterocycles. The van der Waals surface area contributed by atoms with Gasteiger partial charge in [0.15, 0.2) is 5.17 Å². The van der Waals surface area contributed by atoms with Gasteiger partial charge in [-0.05, 0) is 35.9 Å². The summed E-state index contributed by atoms with van der Waals surface area (Å²) in [4.78, 5) is 9.64. The Labute approximate surface area is 192 Å². The molecule has 1 atom stereocenters. The topological polar surface area (TPSA) is 88.1 Å². The summed E-state index contributed by atoms with van der Waals surface area (Å²) in [6, 6.07) is 10.4. The Bertz CT molecular complexity index is 1240. The second-order valence-corrected chi connectivity index (χ2v) is 9.09. The van der Waals surface area contributed by atoms with E-state index in [0.29, 0.717) is 34.2 Å². The van der Waals surface area contributed by atoms with Crippen LogP contribution in [-0.2, 0) is 0 Å². The highest BCUT2D eigenvalue weighted by molar-refractivity contribution is 8.13. The van der Waals surface area contributed by atoms with E-state index in [9.17, 15) is 13.2 Å². The average molecular weight is 472 g/mol. The number of ether oxygens (including phenoxy) is 1. The van der Waals surface area contributed by atoms with Crippen LogP contribution in [0.25, 0.3) is 11.1 Å². The lowest BCUT2D eigenvalue weighted by Crippen LogP contribution is -2.26. The summed E-state index contributed by atoms with van der Waals surface area (Å²) in [6.07, 6.45) is 2.72. The first-order chi connectivity index (χ1) is 15.8. The number of pyridine rings is 2. The molecule has 0 amide bonds. The predicted octanol–water partition coefficient (Wildman–Crippen LogP) is 4.99. The van der Waals surface area contributed by atoms with Crippen LogP contribution < -0.4 is 15.4 Å². The number of halogens is 3. The van der Waals surface area contributed by atoms with Gasteiger partial charge >= 0.3 is 0 Å². The minimum absolute atomic E-state index is 0.0347. The van der Waals surface area contributed by atoms with E-state index in [4.69, 9.17) is 15.9 Å². The fourth-order valence-electron chi connectivity index (χ4n) is 4.23. The number of aromatic nitrogens is 2. The lowest BCUT2D eigenvalue weighted by atomic mass is 9.88. The third-order valence-electron chi connectivity index (χ3n) is 5.83. The minimum Gasteiger partial charge on any atom is -0.455 e. The zero-order chi connectivity index (χ0) is 23.2. The smallest absolute Gasteiger partial charge is 0.266 e. The molecule has 2 aromatic heterocycles. The SMILES string of the molecule is N=C(N)SC[C@@H]1c2cc(-c3cccnc3F)ccc2Oc2cnc(N3CCC(F)(F)C3)cc21. The maximum Gasteiger partial charge on any atom is 0.266 e. The largest absolute Gasteiger partial charge is 0.455 e. The van der Waals surface area contributed by atoms with Crippen molar-refractivity contribution < 1.29 is 17.9 Å². The molecule has 2 aliphatic heterocycles. The van der Waals surface area contributed by atoms with Gasteiger partial charge in [0.2, 0.25) is 5.95 Å². The number of thioether (sulfide) groups is 1. The van der Waals surface area contributed by atoms with Crippen molar-refractivity contribution in [3.63, 3.8) is 0 Å². The molecule has 3 N–H and O–H groups in total. The molecule has 33 heavy (non-hydrogen) atoms. The molecule has 2 aliphatic rings. The minimum atomic E-state index is -2.74. The van der Waals surface area contributed by atoms with Crippen LogP contribution in [0.5, 0.6) is 11.5 Å². The van der Waals surface area contributed by atoms with E-state index in [1.54, 1.807) is 41.4 Å². The van der Waals surface area contributed by atoms with E-state index < -0.39 is 11.9 Å². The Hall–Kier alpha value is -3.27. The Morgan fingerprint density at radius 1 is 1.21 bits per heavy atom. The zero-order valence-electron chi connectivity index (χ0n) is 17.4. The fraction of sp³-hybridized carbons (Fsp3) is 0.261. The first kappa shape index (κ1) is 21.6. The number of anilines is 1. The Morgan fingerprint density at radius 2 is 2.03 bits per heavy atom. The van der Waals surface area contributed by atoms with Gasteiger partial charge in [-0.25, -0.2) is 18.7 Å². The highest BCUT2D eigenvalue weighted by atomic mass is 32.2. The van der Waals surface area contributed by atoms with Gasteiger partial charge in [-0.15, -0.1) is 0 Å². The van der Waals surface area contributed by atoms with Crippen molar-refractivity contribution in [2.75, 3.05) is 23.7 Å². The molecule has 0 aliphatic carbocycles. The molecule has 3 aromatic rings. The molecular weight excluding hydrogens is 451 g/mol. The van der Waals surface area contributed by atoms with Gasteiger partial charge in [0.1, 0.15) is 17.3 Å². The van der Waals surface area contributed by atoms with Crippen LogP contribution in [0.3, 0.4) is 0 Å². The summed E-state index contributed by atoms with van der Waals surface area (Å²) in [5, 5.41) is 7.62. The Kier molecular flexibility index (Phi) is 5.40. The molecule has 170 valence electrons. The number of nitrogens with one attached hydrogen (secondary N) is 1. The maximum atomic E-state index is 14.3. The number of rotatable bonds is 4. The first-order valence-corrected chi connectivity index (χ1v) is 11.3. The summed E-state index contributed by atoms with van der Waals surface area (Å²) >= 11 is 1.17. The molecule has 1 aromatic carbocycles. The Morgan fingerprint density at radius 3 is 2.76 bits per heavy atom. The van der Waals surface area contributed by atoms with Crippen LogP contribution in [0.2, 0.25) is 0 Å². The summed E-state index contributed by atoms with van der Waals surface area (Å²) in [5.41, 5.74) is 8.16. The second kappa shape index (κ2) is 8.26. The molecule has 0 spiro atoms. The average Bonchev–Trinajstić information content (AvgIpc) is 3.16. The van der Waals surface area contributed by atoms with Crippen molar-refractivity contribution in [1.29, 1.82) is 5.41 Å². The number of hydrogen-bond donors (Lipinski definition) is 2. The number of amidine groups is 1. The van der Waals surface area contributed by atoms with Gasteiger partial charge in [-0.2, -0.15) is 4.39 Å². The van der Waals surface area contributed by atoms with Gasteiger partial charge in [0.05, 0.1) is 12.7 Å². The zero-order valence-corrected chi connectivity index (χ0v) is 18.2. The molecule has 1 fully saturated rings. The molecule has 0 bridgehead atoms. The van der Waals surface area contributed by atoms with Crippen molar-refractivity contribution in [3.8, 4) is 22.6 Å². The second-order valence-electron chi connectivity index (χ2n) is 8.03. The van der Waals surface area contributed by atoms with Gasteiger partial charge in [-0.1, -0.05) is 17.8 Å². The molecule has 1 saturated heterocycles. The first-order valence-electron chi connectivity index (χ1n) is 10.3. The van der Waals surface area contributed by atoms with Gasteiger partial charge in [0.25, 0.3) is 5.92 Å². The van der Waals surface area contributed by atoms with Gasteiger partial charge in [0, 0.05) is 47.5 Å². The number of alkyl halides is 2. The maximum absolute atomic E-state index is 14.3. The summed E-state index contributed by atoms with van der Waals surface area (Å²) in [5.74, 6) is -1.60. The van der Waals surface area contributed by atoms with E-state index in [2.05, 4.69) is 9.97 Å². The highest BCUT2D eigenvalue weighted by Crippen LogP contribution is 2.47. The fourth-order valence-corrected chi connectivity index (χ4v) is 4.94. The van der Waals surface area contributed by atoms with E-state index in [1.165, 1.54) is 18.0 Å². The van der Waals surface area contributed by atoms with Gasteiger partial charge < -0.3 is 15.4 Å². The van der Waals surface area contributed by atoms with Crippen molar-refractivity contribution in [3.05, 3.63) is 65.9 Å². The lowest BCUT2D eigenvalue weighted by molar-refractivity contribution is 0.0256. The van der Waals surface area contributed by atoms with Crippen LogP contribution in [-0.4, -0.2) is 39.9 Å². The van der Waals surface area contributed by atoms with Gasteiger partial charge in [-0.3, -0.25) is 5.41 Å². The number of hydrogen-bond acceptors (Lipinski definition) is 6. The van der Waals surface area contributed by atoms with Crippen LogP contribution in [0, 0.1) is 11.4 Å². The lowest BCUT2D eigenvalue weighted by Gasteiger charge is -2.29. The summed E-state index contributed by atoms with van der Waals surface area (Å²) in [6.45, 7) is -0.166. The van der Waals surface area contributed by atoms with E-state index in [0.717, 1.165) is 11.1 Å². The number of fused-ring (bicyclic) bond motifs is 2. The number of benzene rings is 1. The van der Waals surface area contributed by atoms with Crippen LogP contribution in [0.4, 0.5) is 19.0 Å². The van der Waals surface area contributed by atoms with E-state index in [-0.39, 0.29) is 30.6 Å². The summed E-state index contributed by atoms with van der Waals surface area (Å²) < 4.78 is 47.9. The molecule has 0 saturated carbocycles. The molecule has 10 heteroatoms. The van der Waals surface area contributed by atoms with Crippen molar-refractivity contribution >= 4 is 22.7 Å². The van der Waals surface area contributed by atoms with Crippen molar-refractivity contribution in [2.45, 2.75) is 18.3 Å². The van der Waals surface area contributed by atoms with Crippen LogP contribution in [0.1, 0.15) is 23.5 Å². The molecule has 5 rings (SSSR count). The quantitative estimate of drug-likeness (QED) is 0.317. The summed E-state index contributed by atoms with van der Waals surface area (Å²) in [7, 11) is 0. The molecule has 0 radical (unpaired) electrons. The Balaban J connectivity index is 1.57. The van der Waals surface area contributed by atoms with Crippen molar-refractivity contribution in [2.24, 2.45) is 5.73 Å². The molecule has 0 unspecified atom stereocenters. The highest BCUT2D eigenvalue weighted by Gasteiger charge is 2.39. The van der Waals surface area contributed by atoms with E-state index >= 15 is 0 Å². The predicted molar refractivity (Wildman–Crippen MR) is 122 cm³/mol. The number of nitrogens with two attached hydrogens (primary N) is 1. The normalized spacial score (nSPS) is 18.4. The van der Waals surface area contributed by atoms with Crippen LogP contribution in [0.15, 0.2) is 48.8 Å². The van der Waals surface area contributed by atoms with E-state index in [1.807, 2.05) is 6.07 Å². The van der Waals surface area contributed by atoms with Crippen LogP contribution >= 0.6 is 11.8 Å². The monoisotopic (exact) mass is 471 g/mol. The standard InChI is InChI=1S/C23H20F3N5OS/c24-21-14(2-1-6-29-21)13-3-4-18-15(8-13)17(11-33-22(27)28)16-9-20(30-10-19(16)32-18)31-7-5-23(25,26)12-31/h1-4,6,8-10,17H,5,7,11-12H2,(H3,27,28)/t17-/m1/s1. The molecular formula is C23H20F3N5OS. The third-order valence-corrected chi connectivity index (χ3v) is 6.64. The number of nitrogens with zero attached hydrogens (tertiary/aromatic N) is 3. The molecule has 6 nitrogen and oxygen atoms in total. The van der Waals surface area contributed by atoms with Crippen molar-refractivity contribution in [1.82, 2.24) is 9.97 Å². The third kappa shape index (κ3) is 4.22.